The minimum absolute atomic E-state index is 0.0208. The molecule has 14 heteroatoms. The second kappa shape index (κ2) is 6.09. The molecule has 0 fully saturated rings. The fraction of sp³-hybridized carbons (Fsp3) is 0.214. The summed E-state index contributed by atoms with van der Waals surface area (Å²) in [5, 5.41) is 42.7. The van der Waals surface area contributed by atoms with E-state index in [-0.39, 0.29) is 17.5 Å². The smallest absolute Gasteiger partial charge is 0.321 e. The van der Waals surface area contributed by atoms with E-state index >= 15 is 0 Å². The van der Waals surface area contributed by atoms with Crippen LogP contribution in [0, 0.1) is 27.3 Å². The monoisotopic (exact) mass is 380 g/mol. The van der Waals surface area contributed by atoms with E-state index in [0.717, 1.165) is 4.68 Å². The average Bonchev–Trinajstić information content (AvgIpc) is 3.25. The summed E-state index contributed by atoms with van der Waals surface area (Å²) in [5.41, 5.74) is 2.04. The number of nitrogens with zero attached hydrogens (tertiary/aromatic N) is 11. The van der Waals surface area contributed by atoms with Gasteiger partial charge in [-0.25, -0.2) is 4.85 Å². The van der Waals surface area contributed by atoms with Crippen molar-refractivity contribution in [3.8, 4) is 18.0 Å². The van der Waals surface area contributed by atoms with Crippen LogP contribution in [0.3, 0.4) is 0 Å². The summed E-state index contributed by atoms with van der Waals surface area (Å²) in [6.45, 7) is 12.5. The van der Waals surface area contributed by atoms with Gasteiger partial charge < -0.3 is 10.2 Å². The number of H-pyrrole nitrogens is 1. The van der Waals surface area contributed by atoms with E-state index in [1.54, 1.807) is 25.3 Å². The van der Waals surface area contributed by atoms with E-state index in [1.165, 1.54) is 0 Å². The molecule has 4 rings (SSSR count). The van der Waals surface area contributed by atoms with Crippen molar-refractivity contribution < 1.29 is 10.2 Å². The van der Waals surface area contributed by atoms with E-state index in [0.29, 0.717) is 28.5 Å². The Morgan fingerprint density at radius 1 is 1.00 bits per heavy atom. The third-order valence-electron chi connectivity index (χ3n) is 3.81. The van der Waals surface area contributed by atoms with Crippen LogP contribution in [0.15, 0.2) is 10.2 Å². The number of aryl methyl sites for hydroxylation is 3. The standard InChI is InChI=1S/C14H12N12O2/c1-5-8(15-4)10(26(24-5)12-16-13(27)18-14(28)17-12)22-20-9-6(2)23-25-7(3)19-21-11(9)25/h21H,1-3H3,(H2,16,17,18,27,28)/b22-20+. The van der Waals surface area contributed by atoms with Crippen LogP contribution in [0.25, 0.3) is 16.4 Å². The van der Waals surface area contributed by atoms with Gasteiger partial charge in [-0.3, -0.25) is 5.10 Å². The van der Waals surface area contributed by atoms with Crippen LogP contribution in [0.2, 0.25) is 0 Å². The Kier molecular flexibility index (Phi) is 3.70. The fourth-order valence-corrected chi connectivity index (χ4v) is 2.56. The molecule has 4 aromatic heterocycles. The number of aromatic hydroxyl groups is 2. The van der Waals surface area contributed by atoms with Crippen molar-refractivity contribution in [2.75, 3.05) is 0 Å². The molecular formula is C14H12N12O2. The summed E-state index contributed by atoms with van der Waals surface area (Å²) in [7, 11) is 0. The topological polar surface area (TPSA) is 172 Å². The Hall–Kier alpha value is -4.41. The molecule has 0 aromatic carbocycles. The molecule has 0 unspecified atom stereocenters. The normalized spacial score (nSPS) is 11.5. The number of aromatic nitrogens is 9. The lowest BCUT2D eigenvalue weighted by Crippen LogP contribution is -2.03. The zero-order valence-corrected chi connectivity index (χ0v) is 14.8. The first-order valence-corrected chi connectivity index (χ1v) is 7.82. The predicted molar refractivity (Wildman–Crippen MR) is 92.3 cm³/mol. The fourth-order valence-electron chi connectivity index (χ4n) is 2.56. The molecule has 0 radical (unpaired) electrons. The first-order chi connectivity index (χ1) is 13.4. The Bertz CT molecular complexity index is 1270. The Labute approximate surface area is 156 Å². The maximum absolute atomic E-state index is 9.52. The van der Waals surface area contributed by atoms with Gasteiger partial charge in [0.1, 0.15) is 5.82 Å². The lowest BCUT2D eigenvalue weighted by Gasteiger charge is -2.02. The molecule has 0 aliphatic rings. The van der Waals surface area contributed by atoms with Crippen molar-refractivity contribution in [2.24, 2.45) is 10.2 Å². The van der Waals surface area contributed by atoms with Crippen LogP contribution >= 0.6 is 0 Å². The molecule has 0 aliphatic heterocycles. The van der Waals surface area contributed by atoms with Crippen LogP contribution in [-0.2, 0) is 0 Å². The summed E-state index contributed by atoms with van der Waals surface area (Å²) < 4.78 is 2.67. The average molecular weight is 380 g/mol. The maximum Gasteiger partial charge on any atom is 0.321 e. The van der Waals surface area contributed by atoms with Crippen molar-refractivity contribution in [2.45, 2.75) is 20.8 Å². The highest BCUT2D eigenvalue weighted by Gasteiger charge is 2.21. The third kappa shape index (κ3) is 2.58. The molecule has 0 atom stereocenters. The Morgan fingerprint density at radius 3 is 2.39 bits per heavy atom. The van der Waals surface area contributed by atoms with Gasteiger partial charge in [0.05, 0.1) is 18.0 Å². The minimum Gasteiger partial charge on any atom is -0.479 e. The minimum atomic E-state index is -0.704. The molecule has 0 spiro atoms. The van der Waals surface area contributed by atoms with Gasteiger partial charge in [0, 0.05) is 0 Å². The van der Waals surface area contributed by atoms with Crippen LogP contribution in [0.1, 0.15) is 17.2 Å². The Morgan fingerprint density at radius 2 is 1.71 bits per heavy atom. The van der Waals surface area contributed by atoms with Gasteiger partial charge in [0.25, 0.3) is 11.6 Å². The largest absolute Gasteiger partial charge is 0.479 e. The number of aromatic amines is 1. The summed E-state index contributed by atoms with van der Waals surface area (Å²) in [6.07, 6.45) is 0. The van der Waals surface area contributed by atoms with E-state index in [4.69, 9.17) is 6.57 Å². The van der Waals surface area contributed by atoms with Crippen LogP contribution in [-0.4, -0.2) is 54.8 Å². The molecule has 0 aliphatic carbocycles. The first-order valence-electron chi connectivity index (χ1n) is 7.82. The van der Waals surface area contributed by atoms with Crippen molar-refractivity contribution in [3.63, 3.8) is 0 Å². The second-order valence-corrected chi connectivity index (χ2v) is 5.68. The van der Waals surface area contributed by atoms with Crippen LogP contribution in [0.4, 0.5) is 17.2 Å². The van der Waals surface area contributed by atoms with E-state index < -0.39 is 12.0 Å². The molecule has 14 nitrogen and oxygen atoms in total. The maximum atomic E-state index is 9.52. The highest BCUT2D eigenvalue weighted by molar-refractivity contribution is 5.69. The molecular weight excluding hydrogens is 368 g/mol. The lowest BCUT2D eigenvalue weighted by atomic mass is 10.4. The number of hydrogen-bond acceptors (Lipinski definition) is 10. The predicted octanol–water partition coefficient (Wildman–Crippen LogP) is 1.73. The molecule has 0 saturated carbocycles. The van der Waals surface area contributed by atoms with E-state index in [9.17, 15) is 10.2 Å². The number of nitrogens with one attached hydrogen (secondary N) is 1. The Balaban J connectivity index is 1.88. The van der Waals surface area contributed by atoms with Gasteiger partial charge >= 0.3 is 12.0 Å². The van der Waals surface area contributed by atoms with Gasteiger partial charge in [0.15, 0.2) is 17.2 Å². The SMILES string of the molecule is [C-]#[N+]c1c(C)nn(-c2nc(O)nc(O)n2)c1/N=N/c1c(C)nn2c(C)n[nH]c12. The first kappa shape index (κ1) is 17.0. The molecule has 0 saturated heterocycles. The van der Waals surface area contributed by atoms with Gasteiger partial charge in [0.2, 0.25) is 0 Å². The molecule has 0 bridgehead atoms. The van der Waals surface area contributed by atoms with Gasteiger partial charge in [-0.2, -0.15) is 34.5 Å². The summed E-state index contributed by atoms with van der Waals surface area (Å²) in [5.74, 6) is 0.456. The van der Waals surface area contributed by atoms with Gasteiger partial charge in [-0.05, 0) is 20.8 Å². The van der Waals surface area contributed by atoms with E-state index in [2.05, 4.69) is 50.4 Å². The zero-order chi connectivity index (χ0) is 20.0. The van der Waals surface area contributed by atoms with Crippen molar-refractivity contribution in [3.05, 3.63) is 28.6 Å². The molecule has 0 amide bonds. The van der Waals surface area contributed by atoms with Crippen molar-refractivity contribution in [1.82, 2.24) is 44.5 Å². The number of rotatable bonds is 3. The van der Waals surface area contributed by atoms with Crippen molar-refractivity contribution >= 4 is 22.8 Å². The van der Waals surface area contributed by atoms with Gasteiger partial charge in [-0.1, -0.05) is 0 Å². The van der Waals surface area contributed by atoms with Crippen LogP contribution in [0.5, 0.6) is 12.0 Å². The summed E-state index contributed by atoms with van der Waals surface area (Å²) in [4.78, 5) is 14.1. The number of hydrogen-bond donors (Lipinski definition) is 3. The van der Waals surface area contributed by atoms with E-state index in [1.807, 2.05) is 0 Å². The number of azo groups is 1. The molecule has 140 valence electrons. The molecule has 4 aromatic rings. The zero-order valence-electron chi connectivity index (χ0n) is 14.8. The third-order valence-corrected chi connectivity index (χ3v) is 3.81. The van der Waals surface area contributed by atoms with Gasteiger partial charge in [-0.15, -0.1) is 15.2 Å². The van der Waals surface area contributed by atoms with Crippen LogP contribution < -0.4 is 0 Å². The lowest BCUT2D eigenvalue weighted by molar-refractivity contribution is 0.379. The number of fused-ring (bicyclic) bond motifs is 1. The summed E-state index contributed by atoms with van der Waals surface area (Å²) in [6, 6.07) is -1.41. The molecule has 28 heavy (non-hydrogen) atoms. The molecule has 3 N–H and O–H groups in total. The highest BCUT2D eigenvalue weighted by Crippen LogP contribution is 2.35. The highest BCUT2D eigenvalue weighted by atomic mass is 16.3. The second-order valence-electron chi connectivity index (χ2n) is 5.68. The quantitative estimate of drug-likeness (QED) is 0.356. The summed E-state index contributed by atoms with van der Waals surface area (Å²) >= 11 is 0. The van der Waals surface area contributed by atoms with Crippen molar-refractivity contribution in [1.29, 1.82) is 0 Å². The molecule has 4 heterocycles.